The lowest BCUT2D eigenvalue weighted by atomic mass is 9.82. The summed E-state index contributed by atoms with van der Waals surface area (Å²) in [4.78, 5) is 15.6. The highest BCUT2D eigenvalue weighted by molar-refractivity contribution is 7.89. The number of methoxy groups -OCH3 is 2. The largest absolute Gasteiger partial charge is 0.573 e. The van der Waals surface area contributed by atoms with Gasteiger partial charge in [-0.15, -0.1) is 24.5 Å². The molecule has 3 unspecified atom stereocenters. The Morgan fingerprint density at radius 1 is 1.26 bits per heavy atom. The SMILES string of the molecule is COC(=O)CC1CCC(NS(=O)(=O)c2csc(C#Cc3cccc(OC(F)(F)F)c3)n2)C(OC)C1. The molecule has 1 aromatic heterocycles. The maximum absolute atomic E-state index is 12.9. The molecule has 3 rings (SSSR count). The van der Waals surface area contributed by atoms with Gasteiger partial charge in [0.25, 0.3) is 10.0 Å². The second-order valence-corrected chi connectivity index (χ2v) is 10.3. The predicted molar refractivity (Wildman–Crippen MR) is 120 cm³/mol. The molecule has 13 heteroatoms. The Morgan fingerprint density at radius 3 is 2.71 bits per heavy atom. The zero-order valence-corrected chi connectivity index (χ0v) is 20.4. The quantitative estimate of drug-likeness (QED) is 0.430. The van der Waals surface area contributed by atoms with Gasteiger partial charge in [0, 0.05) is 30.5 Å². The predicted octanol–water partition coefficient (Wildman–Crippen LogP) is 3.47. The van der Waals surface area contributed by atoms with Crippen molar-refractivity contribution in [2.45, 2.75) is 49.2 Å². The number of esters is 1. The molecule has 2 aromatic rings. The molecule has 0 bridgehead atoms. The third-order valence-corrected chi connectivity index (χ3v) is 7.61. The zero-order chi connectivity index (χ0) is 25.6. The number of nitrogens with one attached hydrogen (secondary N) is 1. The molecule has 1 saturated carbocycles. The van der Waals surface area contributed by atoms with Crippen LogP contribution in [0.4, 0.5) is 13.2 Å². The summed E-state index contributed by atoms with van der Waals surface area (Å²) >= 11 is 0.990. The molecule has 1 fully saturated rings. The van der Waals surface area contributed by atoms with E-state index in [0.29, 0.717) is 19.3 Å². The molecule has 1 N–H and O–H groups in total. The van der Waals surface area contributed by atoms with Crippen molar-refractivity contribution in [1.29, 1.82) is 0 Å². The topological polar surface area (TPSA) is 104 Å². The minimum absolute atomic E-state index is 0.0364. The van der Waals surface area contributed by atoms with Crippen molar-refractivity contribution in [2.24, 2.45) is 5.92 Å². The van der Waals surface area contributed by atoms with Crippen LogP contribution in [0.25, 0.3) is 0 Å². The van der Waals surface area contributed by atoms with Crippen molar-refractivity contribution in [3.05, 3.63) is 40.2 Å². The standard InChI is InChI=1S/C22H23F3N2O6S2/c1-31-18-11-15(12-21(28)32-2)6-8-17(18)27-35(29,30)20-13-34-19(26-20)9-7-14-4-3-5-16(10-14)33-22(23,24)25/h3-5,10,13,15,17-18,27H,6,8,11-12H2,1-2H3. The highest BCUT2D eigenvalue weighted by atomic mass is 32.2. The van der Waals surface area contributed by atoms with Crippen LogP contribution in [0.5, 0.6) is 5.75 Å². The maximum Gasteiger partial charge on any atom is 0.573 e. The summed E-state index contributed by atoms with van der Waals surface area (Å²) in [6, 6.07) is 4.62. The third kappa shape index (κ3) is 7.93. The average molecular weight is 533 g/mol. The Kier molecular flexibility index (Phi) is 8.76. The molecule has 190 valence electrons. The first kappa shape index (κ1) is 26.9. The molecule has 1 aliphatic carbocycles. The summed E-state index contributed by atoms with van der Waals surface area (Å²) < 4.78 is 79.5. The first-order valence-electron chi connectivity index (χ1n) is 10.4. The van der Waals surface area contributed by atoms with Crippen LogP contribution in [0.3, 0.4) is 0 Å². The number of thiazole rings is 1. The van der Waals surface area contributed by atoms with E-state index in [1.807, 2.05) is 0 Å². The van der Waals surface area contributed by atoms with Gasteiger partial charge in [-0.3, -0.25) is 4.79 Å². The Bertz CT molecular complexity index is 1200. The number of nitrogens with zero attached hydrogens (tertiary/aromatic N) is 1. The van der Waals surface area contributed by atoms with E-state index < -0.39 is 34.3 Å². The van der Waals surface area contributed by atoms with Crippen LogP contribution in [-0.2, 0) is 24.3 Å². The minimum Gasteiger partial charge on any atom is -0.469 e. The highest BCUT2D eigenvalue weighted by Gasteiger charge is 2.35. The van der Waals surface area contributed by atoms with Gasteiger partial charge < -0.3 is 14.2 Å². The number of rotatable bonds is 7. The van der Waals surface area contributed by atoms with Crippen molar-refractivity contribution >= 4 is 27.3 Å². The lowest BCUT2D eigenvalue weighted by Gasteiger charge is -2.35. The van der Waals surface area contributed by atoms with Gasteiger partial charge in [0.1, 0.15) is 5.75 Å². The van der Waals surface area contributed by atoms with E-state index in [2.05, 4.69) is 26.3 Å². The lowest BCUT2D eigenvalue weighted by molar-refractivity contribution is -0.274. The van der Waals surface area contributed by atoms with E-state index in [4.69, 9.17) is 9.47 Å². The Morgan fingerprint density at radius 2 is 2.03 bits per heavy atom. The van der Waals surface area contributed by atoms with Crippen molar-refractivity contribution < 1.29 is 40.6 Å². The summed E-state index contributed by atoms with van der Waals surface area (Å²) in [5.41, 5.74) is 0.246. The van der Waals surface area contributed by atoms with E-state index in [-0.39, 0.29) is 33.9 Å². The van der Waals surface area contributed by atoms with Crippen LogP contribution in [0.15, 0.2) is 34.7 Å². The van der Waals surface area contributed by atoms with Crippen molar-refractivity contribution in [1.82, 2.24) is 9.71 Å². The molecule has 1 aromatic carbocycles. The molecule has 0 saturated heterocycles. The van der Waals surface area contributed by atoms with E-state index in [0.717, 1.165) is 23.5 Å². The number of benzene rings is 1. The molecule has 8 nitrogen and oxygen atoms in total. The second kappa shape index (κ2) is 11.4. The van der Waals surface area contributed by atoms with E-state index in [9.17, 15) is 26.4 Å². The summed E-state index contributed by atoms with van der Waals surface area (Å²) in [6.07, 6.45) is -3.38. The number of hydrogen-bond donors (Lipinski definition) is 1. The first-order chi connectivity index (χ1) is 16.5. The number of hydrogen-bond acceptors (Lipinski definition) is 8. The van der Waals surface area contributed by atoms with E-state index in [1.165, 1.54) is 31.7 Å². The summed E-state index contributed by atoms with van der Waals surface area (Å²) in [7, 11) is -1.17. The smallest absolute Gasteiger partial charge is 0.469 e. The minimum atomic E-state index is -4.82. The number of ether oxygens (including phenoxy) is 3. The monoisotopic (exact) mass is 532 g/mol. The average Bonchev–Trinajstić information content (AvgIpc) is 3.28. The molecule has 0 aliphatic heterocycles. The first-order valence-corrected chi connectivity index (χ1v) is 12.8. The van der Waals surface area contributed by atoms with Crippen LogP contribution in [-0.4, -0.2) is 52.1 Å². The van der Waals surface area contributed by atoms with Gasteiger partial charge in [-0.1, -0.05) is 12.0 Å². The van der Waals surface area contributed by atoms with E-state index in [1.54, 1.807) is 0 Å². The summed E-state index contributed by atoms with van der Waals surface area (Å²) in [6.45, 7) is 0. The fraction of sp³-hybridized carbons (Fsp3) is 0.455. The fourth-order valence-corrected chi connectivity index (χ4v) is 5.94. The molecule has 0 amide bonds. The number of aromatic nitrogens is 1. The molecule has 3 atom stereocenters. The van der Waals surface area contributed by atoms with Gasteiger partial charge in [0.05, 0.1) is 13.2 Å². The number of alkyl halides is 3. The normalized spacial score (nSPS) is 20.5. The third-order valence-electron chi connectivity index (χ3n) is 5.33. The van der Waals surface area contributed by atoms with Crippen LogP contribution in [0.1, 0.15) is 36.3 Å². The lowest BCUT2D eigenvalue weighted by Crippen LogP contribution is -2.47. The van der Waals surface area contributed by atoms with E-state index >= 15 is 0 Å². The Hall–Kier alpha value is -2.66. The van der Waals surface area contributed by atoms with Gasteiger partial charge in [-0.25, -0.2) is 18.1 Å². The molecule has 35 heavy (non-hydrogen) atoms. The second-order valence-electron chi connectivity index (χ2n) is 7.78. The molecule has 1 aliphatic rings. The maximum atomic E-state index is 12.9. The number of carbonyl (C=O) groups is 1. The van der Waals surface area contributed by atoms with Crippen LogP contribution >= 0.6 is 11.3 Å². The fourth-order valence-electron chi connectivity index (χ4n) is 3.71. The molecular weight excluding hydrogens is 509 g/mol. The van der Waals surface area contributed by atoms with Gasteiger partial charge in [0.2, 0.25) is 0 Å². The number of sulfonamides is 1. The van der Waals surface area contributed by atoms with Gasteiger partial charge in [-0.2, -0.15) is 0 Å². The molecule has 0 spiro atoms. The summed E-state index contributed by atoms with van der Waals surface area (Å²) in [5.74, 6) is 4.61. The van der Waals surface area contributed by atoms with Crippen molar-refractivity contribution in [2.75, 3.05) is 14.2 Å². The molecular formula is C22H23F3N2O6S2. The van der Waals surface area contributed by atoms with Gasteiger partial charge in [-0.05, 0) is 49.3 Å². The Labute approximate surface area is 204 Å². The van der Waals surface area contributed by atoms with Gasteiger partial charge >= 0.3 is 12.3 Å². The summed E-state index contributed by atoms with van der Waals surface area (Å²) in [5, 5.41) is 1.30. The van der Waals surface area contributed by atoms with Crippen LogP contribution < -0.4 is 9.46 Å². The van der Waals surface area contributed by atoms with Crippen LogP contribution in [0, 0.1) is 17.8 Å². The highest BCUT2D eigenvalue weighted by Crippen LogP contribution is 2.30. The van der Waals surface area contributed by atoms with Crippen molar-refractivity contribution in [3.8, 4) is 17.6 Å². The number of halogens is 3. The van der Waals surface area contributed by atoms with Crippen molar-refractivity contribution in [3.63, 3.8) is 0 Å². The van der Waals surface area contributed by atoms with Crippen LogP contribution in [0.2, 0.25) is 0 Å². The zero-order valence-electron chi connectivity index (χ0n) is 18.8. The van der Waals surface area contributed by atoms with Gasteiger partial charge in [0.15, 0.2) is 10.0 Å². The Balaban J connectivity index is 1.66. The number of carbonyl (C=O) groups excluding carboxylic acids is 1. The molecule has 1 heterocycles. The molecule has 0 radical (unpaired) electrons.